The average Bonchev–Trinajstić information content (AvgIpc) is 3.16. The number of ketones is 3. The molecule has 5 heteroatoms. The van der Waals surface area contributed by atoms with Crippen LogP contribution in [-0.4, -0.2) is 22.5 Å². The first kappa shape index (κ1) is 18.3. The van der Waals surface area contributed by atoms with E-state index in [0.717, 1.165) is 16.9 Å². The SMILES string of the molecule is CC(C1=C(O)C(=O)C1=C1C(=O)c2ccccc2C1=O)=C1Nc2ccccc2C1(C)C. The van der Waals surface area contributed by atoms with Gasteiger partial charge in [0.25, 0.3) is 0 Å². The van der Waals surface area contributed by atoms with E-state index in [9.17, 15) is 19.5 Å². The van der Waals surface area contributed by atoms with Gasteiger partial charge in [-0.05, 0) is 24.1 Å². The predicted molar refractivity (Wildman–Crippen MR) is 113 cm³/mol. The number of aliphatic hydroxyl groups is 1. The summed E-state index contributed by atoms with van der Waals surface area (Å²) in [5, 5.41) is 13.8. The number of para-hydroxylation sites is 1. The lowest BCUT2D eigenvalue weighted by Crippen LogP contribution is -2.29. The van der Waals surface area contributed by atoms with Gasteiger partial charge in [-0.2, -0.15) is 0 Å². The molecule has 1 aliphatic heterocycles. The van der Waals surface area contributed by atoms with Gasteiger partial charge in [0.15, 0.2) is 17.3 Å². The molecule has 0 spiro atoms. The van der Waals surface area contributed by atoms with Crippen molar-refractivity contribution in [3.63, 3.8) is 0 Å². The van der Waals surface area contributed by atoms with Gasteiger partial charge in [-0.15, -0.1) is 0 Å². The number of hydrogen-bond acceptors (Lipinski definition) is 5. The third kappa shape index (κ3) is 2.15. The minimum Gasteiger partial charge on any atom is -0.504 e. The van der Waals surface area contributed by atoms with E-state index >= 15 is 0 Å². The minimum absolute atomic E-state index is 0.0113. The van der Waals surface area contributed by atoms with Crippen LogP contribution in [0, 0.1) is 0 Å². The van der Waals surface area contributed by atoms with Crippen molar-refractivity contribution in [3.05, 3.63) is 99.0 Å². The monoisotopic (exact) mass is 397 g/mol. The summed E-state index contributed by atoms with van der Waals surface area (Å²) in [6.07, 6.45) is 0. The van der Waals surface area contributed by atoms with Crippen LogP contribution in [0.2, 0.25) is 0 Å². The Hall–Kier alpha value is -3.73. The second-order valence-electron chi connectivity index (χ2n) is 8.30. The third-order valence-electron chi connectivity index (χ3n) is 6.28. The number of rotatable bonds is 1. The van der Waals surface area contributed by atoms with E-state index in [0.29, 0.717) is 16.7 Å². The first-order chi connectivity index (χ1) is 14.2. The summed E-state index contributed by atoms with van der Waals surface area (Å²) in [6.45, 7) is 5.90. The molecule has 2 aromatic rings. The standard InChI is InChI=1S/C25H19NO4/c1-12(24-25(2,3)15-10-6-7-11-16(15)26-24)17-18(23(30)22(17)29)19-20(27)13-8-4-5-9-14(13)21(19)28/h4-11,26,29H,1-3H3. The summed E-state index contributed by atoms with van der Waals surface area (Å²) in [6, 6.07) is 14.4. The zero-order valence-electron chi connectivity index (χ0n) is 16.8. The predicted octanol–water partition coefficient (Wildman–Crippen LogP) is 4.43. The Labute approximate surface area is 173 Å². The molecule has 0 bridgehead atoms. The van der Waals surface area contributed by atoms with Crippen molar-refractivity contribution in [2.75, 3.05) is 5.32 Å². The number of Topliss-reactive ketones (excluding diaryl/α,β-unsaturated/α-hetero) is 3. The first-order valence-corrected chi connectivity index (χ1v) is 9.74. The molecule has 0 saturated heterocycles. The van der Waals surface area contributed by atoms with Crippen LogP contribution in [0.3, 0.4) is 0 Å². The summed E-state index contributed by atoms with van der Waals surface area (Å²) < 4.78 is 0. The second kappa shape index (κ2) is 5.89. The number of allylic oxidation sites excluding steroid dienone is 5. The normalized spacial score (nSPS) is 20.8. The van der Waals surface area contributed by atoms with Gasteiger partial charge in [-0.25, -0.2) is 0 Å². The highest BCUT2D eigenvalue weighted by Gasteiger charge is 2.46. The Morgan fingerprint density at radius 3 is 2.00 bits per heavy atom. The number of anilines is 1. The first-order valence-electron chi connectivity index (χ1n) is 9.74. The molecule has 0 fully saturated rings. The van der Waals surface area contributed by atoms with E-state index in [4.69, 9.17) is 0 Å². The molecule has 3 aliphatic rings. The maximum absolute atomic E-state index is 12.9. The molecule has 2 N–H and O–H groups in total. The quantitative estimate of drug-likeness (QED) is 0.549. The van der Waals surface area contributed by atoms with Crippen molar-refractivity contribution in [2.24, 2.45) is 0 Å². The molecule has 0 aromatic heterocycles. The van der Waals surface area contributed by atoms with Crippen molar-refractivity contribution in [1.82, 2.24) is 0 Å². The van der Waals surface area contributed by atoms with Crippen LogP contribution < -0.4 is 5.32 Å². The highest BCUT2D eigenvalue weighted by Crippen LogP contribution is 2.48. The summed E-state index contributed by atoms with van der Waals surface area (Å²) in [5.41, 5.74) is 3.85. The number of carbonyl (C=O) groups is 3. The maximum atomic E-state index is 12.9. The molecule has 0 unspecified atom stereocenters. The number of fused-ring (bicyclic) bond motifs is 2. The van der Waals surface area contributed by atoms with Crippen LogP contribution in [0.5, 0.6) is 0 Å². The number of nitrogens with one attached hydrogen (secondary N) is 1. The van der Waals surface area contributed by atoms with Gasteiger partial charge in [0.1, 0.15) is 0 Å². The van der Waals surface area contributed by atoms with Gasteiger partial charge in [-0.1, -0.05) is 56.3 Å². The largest absolute Gasteiger partial charge is 0.504 e. The van der Waals surface area contributed by atoms with Crippen LogP contribution in [0.25, 0.3) is 0 Å². The van der Waals surface area contributed by atoms with Crippen molar-refractivity contribution in [3.8, 4) is 0 Å². The van der Waals surface area contributed by atoms with E-state index in [1.807, 2.05) is 24.3 Å². The number of benzene rings is 2. The number of aliphatic hydroxyl groups excluding tert-OH is 1. The summed E-state index contributed by atoms with van der Waals surface area (Å²) >= 11 is 0. The Balaban J connectivity index is 1.69. The lowest BCUT2D eigenvalue weighted by molar-refractivity contribution is -0.115. The van der Waals surface area contributed by atoms with Gasteiger partial charge in [0.2, 0.25) is 5.78 Å². The lowest BCUT2D eigenvalue weighted by Gasteiger charge is -2.28. The van der Waals surface area contributed by atoms with E-state index in [1.54, 1.807) is 31.2 Å². The topological polar surface area (TPSA) is 83.5 Å². The van der Waals surface area contributed by atoms with Crippen LogP contribution in [-0.2, 0) is 10.2 Å². The molecule has 5 rings (SSSR count). The maximum Gasteiger partial charge on any atom is 0.229 e. The van der Waals surface area contributed by atoms with Gasteiger partial charge < -0.3 is 10.4 Å². The highest BCUT2D eigenvalue weighted by molar-refractivity contribution is 6.43. The molecule has 148 valence electrons. The fourth-order valence-electron chi connectivity index (χ4n) is 4.73. The summed E-state index contributed by atoms with van der Waals surface area (Å²) in [7, 11) is 0. The van der Waals surface area contributed by atoms with Crippen LogP contribution in [0.15, 0.2) is 82.3 Å². The Morgan fingerprint density at radius 1 is 0.833 bits per heavy atom. The average molecular weight is 397 g/mol. The zero-order chi connectivity index (χ0) is 21.4. The van der Waals surface area contributed by atoms with Crippen LogP contribution in [0.1, 0.15) is 47.1 Å². The van der Waals surface area contributed by atoms with Crippen molar-refractivity contribution < 1.29 is 19.5 Å². The van der Waals surface area contributed by atoms with E-state index in [1.165, 1.54) is 0 Å². The van der Waals surface area contributed by atoms with Crippen LogP contribution in [0.4, 0.5) is 5.69 Å². The van der Waals surface area contributed by atoms with Crippen molar-refractivity contribution in [1.29, 1.82) is 0 Å². The molecule has 30 heavy (non-hydrogen) atoms. The van der Waals surface area contributed by atoms with Crippen molar-refractivity contribution >= 4 is 23.0 Å². The molecule has 2 aliphatic carbocycles. The zero-order valence-corrected chi connectivity index (χ0v) is 16.8. The Morgan fingerprint density at radius 2 is 1.40 bits per heavy atom. The molecular formula is C25H19NO4. The second-order valence-corrected chi connectivity index (χ2v) is 8.30. The fraction of sp³-hybridized carbons (Fsp3) is 0.160. The number of carbonyl (C=O) groups excluding carboxylic acids is 3. The fourth-order valence-corrected chi connectivity index (χ4v) is 4.73. The number of hydrogen-bond donors (Lipinski definition) is 2. The molecule has 2 aromatic carbocycles. The Kier molecular flexibility index (Phi) is 3.59. The van der Waals surface area contributed by atoms with Gasteiger partial charge in [-0.3, -0.25) is 14.4 Å². The van der Waals surface area contributed by atoms with Crippen molar-refractivity contribution in [2.45, 2.75) is 26.2 Å². The molecule has 0 saturated carbocycles. The summed E-state index contributed by atoms with van der Waals surface area (Å²) in [4.78, 5) is 38.4. The molecule has 0 atom stereocenters. The lowest BCUT2D eigenvalue weighted by atomic mass is 9.75. The highest BCUT2D eigenvalue weighted by atomic mass is 16.3. The van der Waals surface area contributed by atoms with E-state index in [-0.39, 0.29) is 16.7 Å². The molecule has 0 amide bonds. The molecule has 5 nitrogen and oxygen atoms in total. The Bertz CT molecular complexity index is 1270. The minimum atomic E-state index is -0.664. The van der Waals surface area contributed by atoms with E-state index in [2.05, 4.69) is 19.2 Å². The molecular weight excluding hydrogens is 378 g/mol. The smallest absolute Gasteiger partial charge is 0.229 e. The molecule has 0 radical (unpaired) electrons. The molecule has 1 heterocycles. The summed E-state index contributed by atoms with van der Waals surface area (Å²) in [5.74, 6) is -2.01. The van der Waals surface area contributed by atoms with E-state index < -0.39 is 28.5 Å². The van der Waals surface area contributed by atoms with Gasteiger partial charge >= 0.3 is 0 Å². The third-order valence-corrected chi connectivity index (χ3v) is 6.28. The van der Waals surface area contributed by atoms with Gasteiger partial charge in [0.05, 0.1) is 11.1 Å². The van der Waals surface area contributed by atoms with Gasteiger partial charge in [0, 0.05) is 33.5 Å². The van der Waals surface area contributed by atoms with Crippen LogP contribution >= 0.6 is 0 Å².